The number of rotatable bonds is 7. The molecule has 2 fully saturated rings. The Labute approximate surface area is 130 Å². The van der Waals surface area contributed by atoms with E-state index in [9.17, 15) is 14.3 Å². The van der Waals surface area contributed by atoms with Gasteiger partial charge in [0.1, 0.15) is 5.82 Å². The molecule has 1 amide bonds. The summed E-state index contributed by atoms with van der Waals surface area (Å²) in [6.07, 6.45) is 3.10. The molecule has 1 aromatic rings. The van der Waals surface area contributed by atoms with Crippen LogP contribution in [0, 0.1) is 5.82 Å². The summed E-state index contributed by atoms with van der Waals surface area (Å²) in [4.78, 5) is 15.5. The lowest BCUT2D eigenvalue weighted by Crippen LogP contribution is -2.41. The monoisotopic (exact) mass is 306 g/mol. The fourth-order valence-corrected chi connectivity index (χ4v) is 3.11. The molecule has 1 N–H and O–H groups in total. The van der Waals surface area contributed by atoms with Crippen molar-refractivity contribution in [3.8, 4) is 0 Å². The summed E-state index contributed by atoms with van der Waals surface area (Å²) in [6, 6.07) is 7.22. The summed E-state index contributed by atoms with van der Waals surface area (Å²) in [6.45, 7) is 2.14. The van der Waals surface area contributed by atoms with Crippen LogP contribution in [0.5, 0.6) is 0 Å². The lowest BCUT2D eigenvalue weighted by Gasteiger charge is -2.27. The van der Waals surface area contributed by atoms with Gasteiger partial charge in [0.2, 0.25) is 5.91 Å². The third-order valence-electron chi connectivity index (χ3n) is 4.44. The Kier molecular flexibility index (Phi) is 4.74. The van der Waals surface area contributed by atoms with Gasteiger partial charge in [-0.3, -0.25) is 9.69 Å². The van der Waals surface area contributed by atoms with E-state index in [1.807, 2.05) is 6.07 Å². The van der Waals surface area contributed by atoms with Crippen molar-refractivity contribution in [2.45, 2.75) is 44.4 Å². The smallest absolute Gasteiger partial charge is 0.222 e. The Bertz CT molecular complexity index is 533. The summed E-state index contributed by atoms with van der Waals surface area (Å²) in [5.41, 5.74) is 0.666. The molecule has 1 aliphatic carbocycles. The first-order chi connectivity index (χ1) is 10.6. The summed E-state index contributed by atoms with van der Waals surface area (Å²) < 4.78 is 13.8. The SMILES string of the molecule is O=C1CCCN1CC(O)CN(Cc1ccccc1F)C1CC1. The zero-order valence-electron chi connectivity index (χ0n) is 12.7. The highest BCUT2D eigenvalue weighted by Crippen LogP contribution is 2.29. The first-order valence-corrected chi connectivity index (χ1v) is 8.07. The molecule has 120 valence electrons. The van der Waals surface area contributed by atoms with Crippen molar-refractivity contribution >= 4 is 5.91 Å². The molecule has 1 unspecified atom stereocenters. The molecule has 1 atom stereocenters. The molecular weight excluding hydrogens is 283 g/mol. The first-order valence-electron chi connectivity index (χ1n) is 8.07. The number of aliphatic hydroxyl groups is 1. The number of nitrogens with zero attached hydrogens (tertiary/aromatic N) is 2. The van der Waals surface area contributed by atoms with Gasteiger partial charge in [0.25, 0.3) is 0 Å². The number of halogens is 1. The molecule has 22 heavy (non-hydrogen) atoms. The number of likely N-dealkylation sites (tertiary alicyclic amines) is 1. The summed E-state index contributed by atoms with van der Waals surface area (Å²) in [7, 11) is 0. The summed E-state index contributed by atoms with van der Waals surface area (Å²) in [5, 5.41) is 10.3. The van der Waals surface area contributed by atoms with E-state index in [-0.39, 0.29) is 11.7 Å². The van der Waals surface area contributed by atoms with E-state index in [1.165, 1.54) is 6.07 Å². The van der Waals surface area contributed by atoms with Gasteiger partial charge >= 0.3 is 0 Å². The molecule has 1 aliphatic heterocycles. The van der Waals surface area contributed by atoms with Crippen molar-refractivity contribution in [1.82, 2.24) is 9.80 Å². The maximum atomic E-state index is 13.8. The topological polar surface area (TPSA) is 43.8 Å². The molecule has 0 spiro atoms. The van der Waals surface area contributed by atoms with Crippen LogP contribution in [-0.2, 0) is 11.3 Å². The Morgan fingerprint density at radius 2 is 2.14 bits per heavy atom. The van der Waals surface area contributed by atoms with Gasteiger partial charge in [0.15, 0.2) is 0 Å². The van der Waals surface area contributed by atoms with Crippen molar-refractivity contribution in [3.05, 3.63) is 35.6 Å². The molecule has 1 saturated carbocycles. The quantitative estimate of drug-likeness (QED) is 0.835. The van der Waals surface area contributed by atoms with Crippen LogP contribution in [0.15, 0.2) is 24.3 Å². The van der Waals surface area contributed by atoms with E-state index in [2.05, 4.69) is 4.90 Å². The van der Waals surface area contributed by atoms with Crippen molar-refractivity contribution in [2.75, 3.05) is 19.6 Å². The van der Waals surface area contributed by atoms with E-state index >= 15 is 0 Å². The highest BCUT2D eigenvalue weighted by molar-refractivity contribution is 5.78. The van der Waals surface area contributed by atoms with Crippen LogP contribution in [0.25, 0.3) is 0 Å². The number of aliphatic hydroxyl groups excluding tert-OH is 1. The van der Waals surface area contributed by atoms with E-state index in [0.717, 1.165) is 25.8 Å². The van der Waals surface area contributed by atoms with Crippen molar-refractivity contribution in [1.29, 1.82) is 0 Å². The lowest BCUT2D eigenvalue weighted by molar-refractivity contribution is -0.129. The van der Waals surface area contributed by atoms with Crippen LogP contribution >= 0.6 is 0 Å². The van der Waals surface area contributed by atoms with Gasteiger partial charge < -0.3 is 10.0 Å². The predicted octanol–water partition coefficient (Wildman–Crippen LogP) is 1.77. The summed E-state index contributed by atoms with van der Waals surface area (Å²) >= 11 is 0. The van der Waals surface area contributed by atoms with Crippen molar-refractivity contribution in [3.63, 3.8) is 0 Å². The molecule has 4 nitrogen and oxygen atoms in total. The Balaban J connectivity index is 1.57. The number of benzene rings is 1. The largest absolute Gasteiger partial charge is 0.390 e. The molecule has 2 aliphatic rings. The van der Waals surface area contributed by atoms with Crippen LogP contribution in [0.3, 0.4) is 0 Å². The second-order valence-corrected chi connectivity index (χ2v) is 6.35. The van der Waals surface area contributed by atoms with Gasteiger partial charge in [0.05, 0.1) is 6.10 Å². The third kappa shape index (κ3) is 3.84. The molecule has 1 heterocycles. The number of carbonyl (C=O) groups excluding carboxylic acids is 1. The fourth-order valence-electron chi connectivity index (χ4n) is 3.11. The van der Waals surface area contributed by atoms with Crippen molar-refractivity contribution < 1.29 is 14.3 Å². The Hall–Kier alpha value is -1.46. The standard InChI is InChI=1S/C17H23FN2O2/c18-16-5-2-1-4-13(16)10-20(14-7-8-14)12-15(21)11-19-9-3-6-17(19)22/h1-2,4-5,14-15,21H,3,6-12H2. The van der Waals surface area contributed by atoms with Gasteiger partial charge in [-0.2, -0.15) is 0 Å². The number of carbonyl (C=O) groups is 1. The zero-order chi connectivity index (χ0) is 15.5. The zero-order valence-corrected chi connectivity index (χ0v) is 12.7. The van der Waals surface area contributed by atoms with Gasteiger partial charge in [-0.1, -0.05) is 18.2 Å². The molecular formula is C17H23FN2O2. The fraction of sp³-hybridized carbons (Fsp3) is 0.588. The lowest BCUT2D eigenvalue weighted by atomic mass is 10.2. The van der Waals surface area contributed by atoms with Gasteiger partial charge in [-0.25, -0.2) is 4.39 Å². The van der Waals surface area contributed by atoms with E-state index in [4.69, 9.17) is 0 Å². The van der Waals surface area contributed by atoms with Crippen LogP contribution in [-0.4, -0.2) is 52.6 Å². The van der Waals surface area contributed by atoms with E-state index < -0.39 is 6.10 Å². The van der Waals surface area contributed by atoms with Crippen LogP contribution < -0.4 is 0 Å². The number of hydrogen-bond donors (Lipinski definition) is 1. The number of β-amino-alcohol motifs (C(OH)–C–C–N with tert-alkyl or cyclic N) is 1. The second kappa shape index (κ2) is 6.75. The Morgan fingerprint density at radius 3 is 2.77 bits per heavy atom. The van der Waals surface area contributed by atoms with Gasteiger partial charge in [0, 0.05) is 44.2 Å². The van der Waals surface area contributed by atoms with Crippen LogP contribution in [0.4, 0.5) is 4.39 Å². The van der Waals surface area contributed by atoms with E-state index in [1.54, 1.807) is 17.0 Å². The molecule has 0 aromatic heterocycles. The molecule has 0 radical (unpaired) electrons. The van der Waals surface area contributed by atoms with Gasteiger partial charge in [-0.05, 0) is 25.3 Å². The molecule has 5 heteroatoms. The maximum Gasteiger partial charge on any atom is 0.222 e. The minimum absolute atomic E-state index is 0.131. The average molecular weight is 306 g/mol. The minimum atomic E-state index is -0.575. The van der Waals surface area contributed by atoms with Crippen LogP contribution in [0.2, 0.25) is 0 Å². The minimum Gasteiger partial charge on any atom is -0.390 e. The van der Waals surface area contributed by atoms with Crippen molar-refractivity contribution in [2.24, 2.45) is 0 Å². The number of amides is 1. The highest BCUT2D eigenvalue weighted by Gasteiger charge is 2.32. The molecule has 3 rings (SSSR count). The normalized spacial score (nSPS) is 20.0. The first kappa shape index (κ1) is 15.4. The molecule has 1 aromatic carbocycles. The van der Waals surface area contributed by atoms with E-state index in [0.29, 0.717) is 37.7 Å². The van der Waals surface area contributed by atoms with Crippen LogP contribution in [0.1, 0.15) is 31.2 Å². The number of hydrogen-bond acceptors (Lipinski definition) is 3. The molecule has 1 saturated heterocycles. The second-order valence-electron chi connectivity index (χ2n) is 6.35. The highest BCUT2D eigenvalue weighted by atomic mass is 19.1. The average Bonchev–Trinajstić information content (AvgIpc) is 3.26. The maximum absolute atomic E-state index is 13.8. The van der Waals surface area contributed by atoms with Gasteiger partial charge in [-0.15, -0.1) is 0 Å². The predicted molar refractivity (Wildman–Crippen MR) is 81.7 cm³/mol. The third-order valence-corrected chi connectivity index (χ3v) is 4.44. The molecule has 0 bridgehead atoms. The summed E-state index contributed by atoms with van der Waals surface area (Å²) in [5.74, 6) is -0.0662. The Morgan fingerprint density at radius 1 is 1.36 bits per heavy atom.